The van der Waals surface area contributed by atoms with E-state index in [0.29, 0.717) is 16.9 Å². The Morgan fingerprint density at radius 1 is 1.47 bits per heavy atom. The molecule has 0 aliphatic rings. The molecule has 82 valence electrons. The molecule has 1 aromatic rings. The summed E-state index contributed by atoms with van der Waals surface area (Å²) in [5.41, 5.74) is 3.11. The molecule has 2 N–H and O–H groups in total. The van der Waals surface area contributed by atoms with Gasteiger partial charge in [-0.2, -0.15) is 0 Å². The molecule has 0 aromatic heterocycles. The van der Waals surface area contributed by atoms with Gasteiger partial charge in [-0.25, -0.2) is 10.3 Å². The molecule has 0 saturated heterocycles. The Hall–Kier alpha value is -1.59. The van der Waals surface area contributed by atoms with Crippen molar-refractivity contribution in [2.75, 3.05) is 14.2 Å². The normalized spacial score (nSPS) is 9.80. The van der Waals surface area contributed by atoms with Crippen LogP contribution in [0, 0.1) is 0 Å². The molecule has 0 atom stereocenters. The number of hydrogen-bond acceptors (Lipinski definition) is 5. The smallest absolute Gasteiger partial charge is 0.337 e. The van der Waals surface area contributed by atoms with E-state index in [-0.39, 0.29) is 6.54 Å². The van der Waals surface area contributed by atoms with Gasteiger partial charge in [0.05, 0.1) is 19.8 Å². The highest BCUT2D eigenvalue weighted by atomic mass is 16.5. The van der Waals surface area contributed by atoms with Gasteiger partial charge in [0.15, 0.2) is 0 Å². The van der Waals surface area contributed by atoms with Crippen molar-refractivity contribution in [3.05, 3.63) is 29.3 Å². The van der Waals surface area contributed by atoms with Crippen LogP contribution < -0.4 is 10.2 Å². The van der Waals surface area contributed by atoms with E-state index in [2.05, 4.69) is 4.74 Å². The zero-order valence-electron chi connectivity index (χ0n) is 8.61. The van der Waals surface area contributed by atoms with Crippen LogP contribution in [0.5, 0.6) is 5.75 Å². The zero-order chi connectivity index (χ0) is 11.3. The molecular weight excluding hydrogens is 198 g/mol. The summed E-state index contributed by atoms with van der Waals surface area (Å²) in [6.45, 7) is 0.202. The number of benzene rings is 1. The number of nitrogens with one attached hydrogen (secondary N) is 1. The van der Waals surface area contributed by atoms with E-state index in [4.69, 9.17) is 9.94 Å². The van der Waals surface area contributed by atoms with Crippen LogP contribution in [-0.4, -0.2) is 25.4 Å². The Bertz CT molecular complexity index is 351. The molecule has 0 bridgehead atoms. The molecule has 5 heteroatoms. The summed E-state index contributed by atoms with van der Waals surface area (Å²) < 4.78 is 9.64. The van der Waals surface area contributed by atoms with Gasteiger partial charge in [-0.3, -0.25) is 0 Å². The van der Waals surface area contributed by atoms with Crippen molar-refractivity contribution < 1.29 is 19.5 Å². The minimum absolute atomic E-state index is 0.202. The minimum Gasteiger partial charge on any atom is -0.496 e. The van der Waals surface area contributed by atoms with Crippen LogP contribution in [0.4, 0.5) is 0 Å². The van der Waals surface area contributed by atoms with Crippen LogP contribution in [0.25, 0.3) is 0 Å². The monoisotopic (exact) mass is 211 g/mol. The van der Waals surface area contributed by atoms with E-state index >= 15 is 0 Å². The SMILES string of the molecule is COC(=O)c1ccc(OC)c(CNO)c1. The summed E-state index contributed by atoms with van der Waals surface area (Å²) in [6, 6.07) is 4.86. The molecule has 0 aliphatic heterocycles. The number of hydrogen-bond donors (Lipinski definition) is 2. The molecule has 0 spiro atoms. The summed E-state index contributed by atoms with van der Waals surface area (Å²) in [5, 5.41) is 8.60. The average Bonchev–Trinajstić information content (AvgIpc) is 2.28. The number of esters is 1. The first kappa shape index (κ1) is 11.5. The number of methoxy groups -OCH3 is 2. The first-order valence-corrected chi connectivity index (χ1v) is 4.35. The van der Waals surface area contributed by atoms with Crippen LogP contribution in [0.2, 0.25) is 0 Å². The first-order valence-electron chi connectivity index (χ1n) is 4.35. The minimum atomic E-state index is -0.420. The number of ether oxygens (including phenoxy) is 2. The maximum absolute atomic E-state index is 11.2. The lowest BCUT2D eigenvalue weighted by Gasteiger charge is -2.08. The van der Waals surface area contributed by atoms with E-state index in [9.17, 15) is 4.79 Å². The standard InChI is InChI=1S/C10H13NO4/c1-14-9-4-3-7(10(12)15-2)5-8(9)6-11-13/h3-5,11,13H,6H2,1-2H3. The van der Waals surface area contributed by atoms with E-state index < -0.39 is 5.97 Å². The summed E-state index contributed by atoms with van der Waals surface area (Å²) >= 11 is 0. The third-order valence-electron chi connectivity index (χ3n) is 1.97. The summed E-state index contributed by atoms with van der Waals surface area (Å²) in [7, 11) is 2.84. The predicted molar refractivity (Wildman–Crippen MR) is 53.0 cm³/mol. The molecule has 0 saturated carbocycles. The number of carbonyl (C=O) groups excluding carboxylic acids is 1. The van der Waals surface area contributed by atoms with Crippen molar-refractivity contribution >= 4 is 5.97 Å². The molecule has 0 unspecified atom stereocenters. The van der Waals surface area contributed by atoms with Gasteiger partial charge in [0.2, 0.25) is 0 Å². The number of hydroxylamine groups is 1. The Kier molecular flexibility index (Phi) is 4.08. The molecule has 0 radical (unpaired) electrons. The molecular formula is C10H13NO4. The fourth-order valence-corrected chi connectivity index (χ4v) is 1.25. The third-order valence-corrected chi connectivity index (χ3v) is 1.97. The first-order chi connectivity index (χ1) is 7.22. The molecule has 0 fully saturated rings. The van der Waals surface area contributed by atoms with E-state index in [1.807, 2.05) is 5.48 Å². The Morgan fingerprint density at radius 3 is 2.73 bits per heavy atom. The zero-order valence-corrected chi connectivity index (χ0v) is 8.61. The van der Waals surface area contributed by atoms with Gasteiger partial charge in [0.25, 0.3) is 0 Å². The second-order valence-corrected chi connectivity index (χ2v) is 2.85. The second-order valence-electron chi connectivity index (χ2n) is 2.85. The highest BCUT2D eigenvalue weighted by Crippen LogP contribution is 2.19. The highest BCUT2D eigenvalue weighted by molar-refractivity contribution is 5.89. The van der Waals surface area contributed by atoms with Crippen molar-refractivity contribution in [3.8, 4) is 5.75 Å². The molecule has 0 aliphatic carbocycles. The van der Waals surface area contributed by atoms with Gasteiger partial charge in [-0.05, 0) is 18.2 Å². The van der Waals surface area contributed by atoms with Gasteiger partial charge in [-0.1, -0.05) is 0 Å². The Labute approximate surface area is 87.6 Å². The Balaban J connectivity index is 3.04. The van der Waals surface area contributed by atoms with Crippen molar-refractivity contribution in [2.24, 2.45) is 0 Å². The maximum atomic E-state index is 11.2. The van der Waals surface area contributed by atoms with Gasteiger partial charge < -0.3 is 14.7 Å². The lowest BCUT2D eigenvalue weighted by molar-refractivity contribution is 0.0600. The van der Waals surface area contributed by atoms with Gasteiger partial charge >= 0.3 is 5.97 Å². The van der Waals surface area contributed by atoms with Gasteiger partial charge in [0.1, 0.15) is 5.75 Å². The Morgan fingerprint density at radius 2 is 2.20 bits per heavy atom. The topological polar surface area (TPSA) is 67.8 Å². The van der Waals surface area contributed by atoms with Crippen LogP contribution in [0.3, 0.4) is 0 Å². The van der Waals surface area contributed by atoms with Crippen molar-refractivity contribution in [2.45, 2.75) is 6.54 Å². The molecule has 15 heavy (non-hydrogen) atoms. The molecule has 1 rings (SSSR count). The van der Waals surface area contributed by atoms with Gasteiger partial charge in [-0.15, -0.1) is 0 Å². The quantitative estimate of drug-likeness (QED) is 0.573. The molecule has 5 nitrogen and oxygen atoms in total. The number of carbonyl (C=O) groups is 1. The highest BCUT2D eigenvalue weighted by Gasteiger charge is 2.09. The van der Waals surface area contributed by atoms with Crippen LogP contribution in [0.1, 0.15) is 15.9 Å². The fraction of sp³-hybridized carbons (Fsp3) is 0.300. The number of rotatable bonds is 4. The molecule has 0 heterocycles. The van der Waals surface area contributed by atoms with Crippen LogP contribution in [0.15, 0.2) is 18.2 Å². The predicted octanol–water partition coefficient (Wildman–Crippen LogP) is 0.961. The van der Waals surface area contributed by atoms with E-state index in [0.717, 1.165) is 0 Å². The van der Waals surface area contributed by atoms with Crippen molar-refractivity contribution in [3.63, 3.8) is 0 Å². The summed E-state index contributed by atoms with van der Waals surface area (Å²) in [4.78, 5) is 11.2. The third kappa shape index (κ3) is 2.68. The fourth-order valence-electron chi connectivity index (χ4n) is 1.25. The van der Waals surface area contributed by atoms with Crippen molar-refractivity contribution in [1.29, 1.82) is 0 Å². The lowest BCUT2D eigenvalue weighted by atomic mass is 10.1. The maximum Gasteiger partial charge on any atom is 0.337 e. The second kappa shape index (κ2) is 5.33. The molecule has 1 aromatic carbocycles. The van der Waals surface area contributed by atoms with Crippen LogP contribution in [-0.2, 0) is 11.3 Å². The van der Waals surface area contributed by atoms with E-state index in [1.165, 1.54) is 14.2 Å². The van der Waals surface area contributed by atoms with Crippen molar-refractivity contribution in [1.82, 2.24) is 5.48 Å². The lowest BCUT2D eigenvalue weighted by Crippen LogP contribution is -2.09. The molecule has 0 amide bonds. The van der Waals surface area contributed by atoms with Crippen LogP contribution >= 0.6 is 0 Å². The summed E-state index contributed by atoms with van der Waals surface area (Å²) in [6.07, 6.45) is 0. The van der Waals surface area contributed by atoms with E-state index in [1.54, 1.807) is 18.2 Å². The average molecular weight is 211 g/mol. The largest absolute Gasteiger partial charge is 0.496 e. The van der Waals surface area contributed by atoms with Gasteiger partial charge in [0, 0.05) is 12.1 Å². The summed E-state index contributed by atoms with van der Waals surface area (Å²) in [5.74, 6) is 0.182.